The van der Waals surface area contributed by atoms with Crippen LogP contribution in [-0.4, -0.2) is 11.7 Å². The van der Waals surface area contributed by atoms with E-state index in [1.54, 1.807) is 0 Å². The van der Waals surface area contributed by atoms with Crippen LogP contribution in [0.2, 0.25) is 0 Å². The predicted molar refractivity (Wildman–Crippen MR) is 49.8 cm³/mol. The number of H-pyrrole nitrogens is 1. The van der Waals surface area contributed by atoms with Gasteiger partial charge in [0.05, 0.1) is 6.61 Å². The molecule has 0 radical (unpaired) electrons. The summed E-state index contributed by atoms with van der Waals surface area (Å²) in [5.74, 6) is 1.03. The van der Waals surface area contributed by atoms with Gasteiger partial charge in [0.25, 0.3) is 0 Å². The van der Waals surface area contributed by atoms with Crippen molar-refractivity contribution < 1.29 is 9.42 Å². The van der Waals surface area contributed by atoms with Crippen molar-refractivity contribution in [3.05, 3.63) is 11.9 Å². The SMILES string of the molecule is CC(C)(C)[n+]1[nH]cc2c1CCCO2. The van der Waals surface area contributed by atoms with E-state index >= 15 is 0 Å². The van der Waals surface area contributed by atoms with Gasteiger partial charge in [-0.25, -0.2) is 0 Å². The largest absolute Gasteiger partial charge is 0.486 e. The molecule has 0 unspecified atom stereocenters. The summed E-state index contributed by atoms with van der Waals surface area (Å²) in [6.07, 6.45) is 4.21. The molecule has 1 aromatic rings. The van der Waals surface area contributed by atoms with Gasteiger partial charge in [0.1, 0.15) is 6.20 Å². The van der Waals surface area contributed by atoms with Crippen LogP contribution < -0.4 is 9.42 Å². The lowest BCUT2D eigenvalue weighted by Crippen LogP contribution is -2.54. The topological polar surface area (TPSA) is 28.9 Å². The Kier molecular flexibility index (Phi) is 1.82. The van der Waals surface area contributed by atoms with E-state index in [1.165, 1.54) is 5.69 Å². The Morgan fingerprint density at radius 3 is 2.92 bits per heavy atom. The van der Waals surface area contributed by atoms with Crippen molar-refractivity contribution in [2.75, 3.05) is 6.61 Å². The first kappa shape index (κ1) is 8.60. The Bertz CT molecular complexity index is 309. The smallest absolute Gasteiger partial charge is 0.250 e. The van der Waals surface area contributed by atoms with E-state index in [0.29, 0.717) is 0 Å². The third kappa shape index (κ3) is 1.43. The zero-order valence-corrected chi connectivity index (χ0v) is 8.55. The first-order valence-electron chi connectivity index (χ1n) is 4.84. The maximum Gasteiger partial charge on any atom is 0.250 e. The second-order valence-corrected chi connectivity index (χ2v) is 4.54. The summed E-state index contributed by atoms with van der Waals surface area (Å²) in [6, 6.07) is 0. The molecule has 0 aliphatic carbocycles. The monoisotopic (exact) mass is 181 g/mol. The molecule has 72 valence electrons. The van der Waals surface area contributed by atoms with Crippen molar-refractivity contribution in [1.29, 1.82) is 0 Å². The summed E-state index contributed by atoms with van der Waals surface area (Å²) >= 11 is 0. The van der Waals surface area contributed by atoms with Crippen LogP contribution >= 0.6 is 0 Å². The minimum atomic E-state index is 0.119. The first-order chi connectivity index (χ1) is 6.09. The van der Waals surface area contributed by atoms with Crippen LogP contribution in [0, 0.1) is 0 Å². The Labute approximate surface area is 78.7 Å². The molecule has 1 aromatic heterocycles. The fraction of sp³-hybridized carbons (Fsp3) is 0.700. The summed E-state index contributed by atoms with van der Waals surface area (Å²) in [4.78, 5) is 0. The maximum atomic E-state index is 5.55. The van der Waals surface area contributed by atoms with Gasteiger partial charge < -0.3 is 4.74 Å². The van der Waals surface area contributed by atoms with Crippen LogP contribution in [0.5, 0.6) is 5.75 Å². The molecule has 1 aliphatic heterocycles. The second-order valence-electron chi connectivity index (χ2n) is 4.54. The summed E-state index contributed by atoms with van der Waals surface area (Å²) in [6.45, 7) is 7.43. The van der Waals surface area contributed by atoms with Crippen molar-refractivity contribution in [1.82, 2.24) is 5.10 Å². The van der Waals surface area contributed by atoms with E-state index in [4.69, 9.17) is 4.74 Å². The van der Waals surface area contributed by atoms with Gasteiger partial charge in [0, 0.05) is 27.2 Å². The third-order valence-corrected chi connectivity index (χ3v) is 2.37. The van der Waals surface area contributed by atoms with Crippen LogP contribution in [0.25, 0.3) is 0 Å². The lowest BCUT2D eigenvalue weighted by Gasteiger charge is -2.15. The molecule has 0 saturated heterocycles. The standard InChI is InChI=1S/C10H16N2O/c1-10(2,3)12-8-5-4-6-13-9(8)7-11-12/h7H,4-6H2,1-3H3/p+1. The van der Waals surface area contributed by atoms with Crippen LogP contribution in [0.15, 0.2) is 6.20 Å². The third-order valence-electron chi connectivity index (χ3n) is 2.37. The zero-order valence-electron chi connectivity index (χ0n) is 8.55. The fourth-order valence-electron chi connectivity index (χ4n) is 1.77. The summed E-state index contributed by atoms with van der Waals surface area (Å²) in [7, 11) is 0. The van der Waals surface area contributed by atoms with Crippen molar-refractivity contribution in [3.8, 4) is 5.75 Å². The molecule has 1 aliphatic rings. The average Bonchev–Trinajstić information content (AvgIpc) is 2.45. The lowest BCUT2D eigenvalue weighted by molar-refractivity contribution is -0.808. The number of fused-ring (bicyclic) bond motifs is 1. The van der Waals surface area contributed by atoms with E-state index < -0.39 is 0 Å². The van der Waals surface area contributed by atoms with Gasteiger partial charge in [0.2, 0.25) is 11.4 Å². The molecule has 0 atom stereocenters. The highest BCUT2D eigenvalue weighted by Gasteiger charge is 2.32. The number of hydrogen-bond acceptors (Lipinski definition) is 1. The minimum Gasteiger partial charge on any atom is -0.486 e. The quantitative estimate of drug-likeness (QED) is 0.602. The van der Waals surface area contributed by atoms with Gasteiger partial charge in [-0.15, -0.1) is 4.68 Å². The van der Waals surface area contributed by atoms with Gasteiger partial charge in [-0.1, -0.05) is 0 Å². The van der Waals surface area contributed by atoms with Crippen LogP contribution in [0.3, 0.4) is 0 Å². The Hall–Kier alpha value is -0.990. The van der Waals surface area contributed by atoms with Gasteiger partial charge in [-0.2, -0.15) is 5.10 Å². The molecule has 3 nitrogen and oxygen atoms in total. The van der Waals surface area contributed by atoms with E-state index in [9.17, 15) is 0 Å². The van der Waals surface area contributed by atoms with Crippen LogP contribution in [-0.2, 0) is 12.0 Å². The summed E-state index contributed by atoms with van der Waals surface area (Å²) in [5, 5.41) is 3.25. The Balaban J connectivity index is 2.43. The van der Waals surface area contributed by atoms with E-state index in [1.807, 2.05) is 6.20 Å². The second kappa shape index (κ2) is 2.76. The van der Waals surface area contributed by atoms with Crippen molar-refractivity contribution >= 4 is 0 Å². The summed E-state index contributed by atoms with van der Waals surface area (Å²) < 4.78 is 7.74. The summed E-state index contributed by atoms with van der Waals surface area (Å²) in [5.41, 5.74) is 1.42. The first-order valence-corrected chi connectivity index (χ1v) is 4.84. The van der Waals surface area contributed by atoms with Gasteiger partial charge in [0.15, 0.2) is 5.54 Å². The Morgan fingerprint density at radius 1 is 1.46 bits per heavy atom. The average molecular weight is 181 g/mol. The lowest BCUT2D eigenvalue weighted by atomic mass is 10.1. The normalized spacial score (nSPS) is 16.5. The molecule has 2 heterocycles. The molecule has 0 amide bonds. The molecule has 3 heteroatoms. The molecule has 0 bridgehead atoms. The molecule has 2 rings (SSSR count). The predicted octanol–water partition coefficient (Wildman–Crippen LogP) is 1.38. The highest BCUT2D eigenvalue weighted by atomic mass is 16.5. The molecule has 1 N–H and O–H groups in total. The van der Waals surface area contributed by atoms with Crippen molar-refractivity contribution in [2.24, 2.45) is 0 Å². The highest BCUT2D eigenvalue weighted by Crippen LogP contribution is 2.22. The molecule has 0 spiro atoms. The number of aromatic nitrogens is 2. The van der Waals surface area contributed by atoms with Crippen LogP contribution in [0.1, 0.15) is 32.9 Å². The number of hydrogen-bond donors (Lipinski definition) is 1. The molecular weight excluding hydrogens is 164 g/mol. The minimum absolute atomic E-state index is 0.119. The zero-order chi connectivity index (χ0) is 9.47. The molecule has 0 aromatic carbocycles. The van der Waals surface area contributed by atoms with Gasteiger partial charge in [-0.3, -0.25) is 0 Å². The van der Waals surface area contributed by atoms with Gasteiger partial charge >= 0.3 is 0 Å². The molecular formula is C10H17N2O+. The molecule has 0 saturated carbocycles. The molecule has 13 heavy (non-hydrogen) atoms. The van der Waals surface area contributed by atoms with Crippen molar-refractivity contribution in [3.63, 3.8) is 0 Å². The van der Waals surface area contributed by atoms with E-state index in [-0.39, 0.29) is 5.54 Å². The maximum absolute atomic E-state index is 5.55. The van der Waals surface area contributed by atoms with Crippen LogP contribution in [0.4, 0.5) is 0 Å². The number of rotatable bonds is 0. The molecule has 0 fully saturated rings. The number of nitrogens with one attached hydrogen (secondary N) is 1. The number of aromatic amines is 1. The number of nitrogens with zero attached hydrogens (tertiary/aromatic N) is 1. The Morgan fingerprint density at radius 2 is 2.23 bits per heavy atom. The fourth-order valence-corrected chi connectivity index (χ4v) is 1.77. The van der Waals surface area contributed by atoms with Crippen molar-refractivity contribution in [2.45, 2.75) is 39.2 Å². The highest BCUT2D eigenvalue weighted by molar-refractivity contribution is 5.22. The number of ether oxygens (including phenoxy) is 1. The van der Waals surface area contributed by atoms with E-state index in [2.05, 4.69) is 30.6 Å². The van der Waals surface area contributed by atoms with Gasteiger partial charge in [-0.05, 0) is 6.42 Å². The van der Waals surface area contributed by atoms with E-state index in [0.717, 1.165) is 25.2 Å².